The molecule has 6 nitrogen and oxygen atoms in total. The topological polar surface area (TPSA) is 81.7 Å². The average Bonchev–Trinajstić information content (AvgIpc) is 2.25. The van der Waals surface area contributed by atoms with E-state index in [1.54, 1.807) is 13.8 Å². The van der Waals surface area contributed by atoms with Gasteiger partial charge in [0.05, 0.1) is 11.5 Å². The van der Waals surface area contributed by atoms with Gasteiger partial charge < -0.3 is 4.52 Å². The summed E-state index contributed by atoms with van der Waals surface area (Å²) in [6, 6.07) is 4.35. The summed E-state index contributed by atoms with van der Waals surface area (Å²) < 4.78 is 46.3. The van der Waals surface area contributed by atoms with Crippen LogP contribution in [0.2, 0.25) is 0 Å². The number of benzene rings is 1. The van der Waals surface area contributed by atoms with E-state index in [0.29, 0.717) is 11.3 Å². The van der Waals surface area contributed by atoms with Crippen molar-refractivity contribution in [3.05, 3.63) is 23.8 Å². The number of sulfone groups is 1. The van der Waals surface area contributed by atoms with Crippen molar-refractivity contribution in [2.24, 2.45) is 0 Å². The van der Waals surface area contributed by atoms with Crippen molar-refractivity contribution >= 4 is 17.6 Å². The lowest BCUT2D eigenvalue weighted by molar-refractivity contribution is 0.265. The van der Waals surface area contributed by atoms with E-state index in [4.69, 9.17) is 9.05 Å². The first-order chi connectivity index (χ1) is 9.57. The van der Waals surface area contributed by atoms with Crippen LogP contribution in [-0.4, -0.2) is 27.3 Å². The summed E-state index contributed by atoms with van der Waals surface area (Å²) >= 11 is 0. The summed E-state index contributed by atoms with van der Waals surface area (Å²) in [5.74, 6) is 0.296. The number of hydrogen-bond acceptors (Lipinski definition) is 5. The zero-order valence-electron chi connectivity index (χ0n) is 12.9. The first-order valence-corrected chi connectivity index (χ1v) is 10.0. The third kappa shape index (κ3) is 5.43. The van der Waals surface area contributed by atoms with Crippen LogP contribution in [0.1, 0.15) is 26.3 Å². The van der Waals surface area contributed by atoms with Gasteiger partial charge in [-0.05, 0) is 51.5 Å². The molecule has 0 radical (unpaired) electrons. The smallest absolute Gasteiger partial charge is 0.413 e. The van der Waals surface area contributed by atoms with Gasteiger partial charge in [-0.3, -0.25) is 4.52 Å². The molecular weight excluding hydrogens is 313 g/mol. The maximum absolute atomic E-state index is 12.5. The Morgan fingerprint density at radius 3 is 2.38 bits per heavy atom. The second-order valence-electron chi connectivity index (χ2n) is 4.99. The lowest BCUT2D eigenvalue weighted by Gasteiger charge is -2.21. The highest BCUT2D eigenvalue weighted by Crippen LogP contribution is 2.45. The maximum Gasteiger partial charge on any atom is 0.458 e. The molecule has 21 heavy (non-hydrogen) atoms. The molecule has 0 fully saturated rings. The quantitative estimate of drug-likeness (QED) is 0.772. The number of nitrogens with one attached hydrogen (secondary N) is 1. The molecule has 1 rings (SSSR count). The van der Waals surface area contributed by atoms with Crippen LogP contribution in [0, 0.1) is 6.92 Å². The van der Waals surface area contributed by atoms with Gasteiger partial charge in [0.2, 0.25) is 0 Å². The van der Waals surface area contributed by atoms with Crippen LogP contribution in [0.25, 0.3) is 0 Å². The van der Waals surface area contributed by atoms with E-state index in [2.05, 4.69) is 5.09 Å². The number of aryl methyl sites for hydroxylation is 1. The highest BCUT2D eigenvalue weighted by atomic mass is 32.2. The fourth-order valence-corrected chi connectivity index (χ4v) is 4.31. The molecule has 8 heteroatoms. The molecule has 1 aromatic carbocycles. The molecule has 1 aromatic rings. The minimum Gasteiger partial charge on any atom is -0.413 e. The Kier molecular flexibility index (Phi) is 5.99. The van der Waals surface area contributed by atoms with Gasteiger partial charge >= 0.3 is 7.75 Å². The van der Waals surface area contributed by atoms with E-state index in [1.807, 2.05) is 13.8 Å². The molecule has 1 N–H and O–H groups in total. The van der Waals surface area contributed by atoms with Crippen LogP contribution < -0.4 is 9.61 Å². The monoisotopic (exact) mass is 335 g/mol. The van der Waals surface area contributed by atoms with Gasteiger partial charge in [-0.2, -0.15) is 0 Å². The molecule has 1 atom stereocenters. The van der Waals surface area contributed by atoms with Gasteiger partial charge in [0.25, 0.3) is 0 Å². The Bertz CT molecular complexity index is 642. The molecule has 0 amide bonds. The predicted octanol–water partition coefficient (Wildman–Crippen LogP) is 2.92. The summed E-state index contributed by atoms with van der Waals surface area (Å²) in [7, 11) is -6.77. The van der Waals surface area contributed by atoms with Crippen LogP contribution in [-0.2, 0) is 18.9 Å². The van der Waals surface area contributed by atoms with E-state index in [0.717, 1.165) is 6.26 Å². The first-order valence-electron chi connectivity index (χ1n) is 6.60. The average molecular weight is 335 g/mol. The summed E-state index contributed by atoms with van der Waals surface area (Å²) in [6.45, 7) is 7.26. The third-order valence-electron chi connectivity index (χ3n) is 2.49. The van der Waals surface area contributed by atoms with Crippen LogP contribution >= 0.6 is 7.75 Å². The van der Waals surface area contributed by atoms with Gasteiger partial charge in [0.15, 0.2) is 9.84 Å². The molecule has 0 bridgehead atoms. The molecule has 0 aliphatic carbocycles. The molecule has 0 heterocycles. The van der Waals surface area contributed by atoms with E-state index in [9.17, 15) is 13.0 Å². The highest BCUT2D eigenvalue weighted by molar-refractivity contribution is 7.90. The molecule has 0 saturated heterocycles. The summed E-state index contributed by atoms with van der Waals surface area (Å²) in [6.07, 6.45) is 1.14. The zero-order valence-corrected chi connectivity index (χ0v) is 14.6. The molecule has 120 valence electrons. The first kappa shape index (κ1) is 18.2. The number of hydrogen-bond donors (Lipinski definition) is 1. The second-order valence-corrected chi connectivity index (χ2v) is 8.67. The predicted molar refractivity (Wildman–Crippen MR) is 82.4 cm³/mol. The van der Waals surface area contributed by atoms with Crippen LogP contribution in [0.5, 0.6) is 5.75 Å². The fourth-order valence-electron chi connectivity index (χ4n) is 1.81. The molecule has 0 aliphatic heterocycles. The summed E-state index contributed by atoms with van der Waals surface area (Å²) in [5, 5.41) is 2.76. The molecule has 0 aliphatic rings. The zero-order chi connectivity index (χ0) is 16.3. The third-order valence-corrected chi connectivity index (χ3v) is 5.63. The van der Waals surface area contributed by atoms with Crippen molar-refractivity contribution in [2.75, 3.05) is 12.9 Å². The fraction of sp³-hybridized carbons (Fsp3) is 0.538. The summed E-state index contributed by atoms with van der Waals surface area (Å²) in [5.41, 5.74) is 0.530. The number of rotatable bonds is 7. The maximum atomic E-state index is 12.5. The van der Waals surface area contributed by atoms with Gasteiger partial charge in [-0.1, -0.05) is 0 Å². The van der Waals surface area contributed by atoms with E-state index in [1.165, 1.54) is 18.2 Å². The normalized spacial score (nSPS) is 15.0. The van der Waals surface area contributed by atoms with E-state index >= 15 is 0 Å². The standard InChI is InChI=1S/C13H22NO5PS/c1-6-18-20(15,14-10(2)3)19-12-7-8-13(11(4)9-12)21(5,16)17/h7-10H,6H2,1-5H3,(H,14,15)/t20-/m1/s1. The van der Waals surface area contributed by atoms with Crippen molar-refractivity contribution in [1.29, 1.82) is 0 Å². The van der Waals surface area contributed by atoms with Crippen molar-refractivity contribution in [1.82, 2.24) is 5.09 Å². The Morgan fingerprint density at radius 2 is 1.95 bits per heavy atom. The molecule has 0 spiro atoms. The molecular formula is C13H22NO5PS. The minimum atomic E-state index is -3.47. The Balaban J connectivity index is 3.06. The SMILES string of the molecule is CCO[P@](=O)(NC(C)C)Oc1ccc(S(C)(=O)=O)c(C)c1. The minimum absolute atomic E-state index is 0.0845. The molecule has 0 aromatic heterocycles. The lowest BCUT2D eigenvalue weighted by Crippen LogP contribution is -2.23. The van der Waals surface area contributed by atoms with Gasteiger partial charge in [-0.25, -0.2) is 18.1 Å². The van der Waals surface area contributed by atoms with Crippen molar-refractivity contribution in [2.45, 2.75) is 38.6 Å². The Hall–Kier alpha value is -0.880. The second kappa shape index (κ2) is 6.92. The van der Waals surface area contributed by atoms with Crippen molar-refractivity contribution in [3.63, 3.8) is 0 Å². The summed E-state index contributed by atoms with van der Waals surface area (Å²) in [4.78, 5) is 0.220. The van der Waals surface area contributed by atoms with E-state index in [-0.39, 0.29) is 17.5 Å². The Labute approximate surface area is 126 Å². The highest BCUT2D eigenvalue weighted by Gasteiger charge is 2.27. The van der Waals surface area contributed by atoms with Gasteiger partial charge in [-0.15, -0.1) is 0 Å². The van der Waals surface area contributed by atoms with Gasteiger partial charge in [0, 0.05) is 12.3 Å². The van der Waals surface area contributed by atoms with Crippen LogP contribution in [0.15, 0.2) is 23.1 Å². The van der Waals surface area contributed by atoms with Crippen molar-refractivity contribution in [3.8, 4) is 5.75 Å². The van der Waals surface area contributed by atoms with Crippen LogP contribution in [0.4, 0.5) is 0 Å². The lowest BCUT2D eigenvalue weighted by atomic mass is 10.2. The molecule has 0 saturated carbocycles. The van der Waals surface area contributed by atoms with E-state index < -0.39 is 17.6 Å². The Morgan fingerprint density at radius 1 is 1.33 bits per heavy atom. The molecule has 0 unspecified atom stereocenters. The van der Waals surface area contributed by atoms with Gasteiger partial charge in [0.1, 0.15) is 5.75 Å². The van der Waals surface area contributed by atoms with Crippen molar-refractivity contribution < 1.29 is 22.0 Å². The van der Waals surface area contributed by atoms with Crippen LogP contribution in [0.3, 0.4) is 0 Å². The largest absolute Gasteiger partial charge is 0.458 e.